The molecule has 0 aliphatic carbocycles. The van der Waals surface area contributed by atoms with Gasteiger partial charge in [0, 0.05) is 11.9 Å². The van der Waals surface area contributed by atoms with E-state index in [0.717, 1.165) is 17.8 Å². The van der Waals surface area contributed by atoms with Crippen molar-refractivity contribution in [1.29, 1.82) is 0 Å². The number of hydrogen-bond acceptors (Lipinski definition) is 8. The Labute approximate surface area is 182 Å². The van der Waals surface area contributed by atoms with E-state index in [1.165, 1.54) is 36.5 Å². The van der Waals surface area contributed by atoms with Crippen LogP contribution in [-0.4, -0.2) is 39.6 Å². The number of sulfonamides is 1. The second-order valence-electron chi connectivity index (χ2n) is 6.26. The van der Waals surface area contributed by atoms with Crippen molar-refractivity contribution in [2.45, 2.75) is 28.6 Å². The lowest BCUT2D eigenvalue weighted by atomic mass is 10.3. The SMILES string of the molecule is CCC(Sc1nc(O)cc(=O)[nH]1)C(=O)Nc1ccc(S(=O)(=O)Nc2ccccn2)cc1. The number of nitrogens with zero attached hydrogens (tertiary/aromatic N) is 2. The molecule has 3 aromatic rings. The minimum absolute atomic E-state index is 0.0131. The molecule has 1 atom stereocenters. The number of anilines is 2. The Morgan fingerprint density at radius 1 is 1.23 bits per heavy atom. The number of benzene rings is 1. The molecule has 2 heterocycles. The van der Waals surface area contributed by atoms with Crippen LogP contribution in [0.1, 0.15) is 13.3 Å². The van der Waals surface area contributed by atoms with E-state index >= 15 is 0 Å². The summed E-state index contributed by atoms with van der Waals surface area (Å²) in [6.07, 6.45) is 1.90. The number of aromatic hydroxyl groups is 1. The van der Waals surface area contributed by atoms with Crippen molar-refractivity contribution < 1.29 is 18.3 Å². The Hall–Kier alpha value is -3.38. The molecular weight excluding hydrogens is 442 g/mol. The molecule has 12 heteroatoms. The van der Waals surface area contributed by atoms with Gasteiger partial charge in [-0.25, -0.2) is 13.4 Å². The van der Waals surface area contributed by atoms with Crippen LogP contribution in [0.25, 0.3) is 0 Å². The fourth-order valence-electron chi connectivity index (χ4n) is 2.50. The van der Waals surface area contributed by atoms with Gasteiger partial charge in [0.1, 0.15) is 5.82 Å². The van der Waals surface area contributed by atoms with Gasteiger partial charge in [0.2, 0.25) is 11.8 Å². The highest BCUT2D eigenvalue weighted by molar-refractivity contribution is 8.00. The molecule has 1 aromatic carbocycles. The van der Waals surface area contributed by atoms with Crippen molar-refractivity contribution in [2.24, 2.45) is 0 Å². The lowest BCUT2D eigenvalue weighted by Crippen LogP contribution is -2.25. The van der Waals surface area contributed by atoms with Crippen molar-refractivity contribution in [3.63, 3.8) is 0 Å². The Bertz CT molecular complexity index is 1210. The topological polar surface area (TPSA) is 154 Å². The van der Waals surface area contributed by atoms with Crippen LogP contribution in [-0.2, 0) is 14.8 Å². The summed E-state index contributed by atoms with van der Waals surface area (Å²) in [7, 11) is -3.82. The minimum Gasteiger partial charge on any atom is -0.493 e. The van der Waals surface area contributed by atoms with Crippen molar-refractivity contribution in [2.75, 3.05) is 10.0 Å². The summed E-state index contributed by atoms with van der Waals surface area (Å²) in [5.74, 6) is -0.598. The number of thioether (sulfide) groups is 1. The first-order valence-electron chi connectivity index (χ1n) is 9.08. The number of H-pyrrole nitrogens is 1. The van der Waals surface area contributed by atoms with Gasteiger partial charge < -0.3 is 15.4 Å². The zero-order valence-corrected chi connectivity index (χ0v) is 17.9. The third kappa shape index (κ3) is 6.06. The van der Waals surface area contributed by atoms with Crippen LogP contribution < -0.4 is 15.6 Å². The molecule has 4 N–H and O–H groups in total. The monoisotopic (exact) mass is 461 g/mol. The number of hydrogen-bond donors (Lipinski definition) is 4. The first-order valence-corrected chi connectivity index (χ1v) is 11.4. The van der Waals surface area contributed by atoms with Crippen molar-refractivity contribution in [1.82, 2.24) is 15.0 Å². The van der Waals surface area contributed by atoms with E-state index in [1.807, 2.05) is 0 Å². The van der Waals surface area contributed by atoms with Gasteiger partial charge in [0.15, 0.2) is 5.16 Å². The van der Waals surface area contributed by atoms with Crippen molar-refractivity contribution in [3.8, 4) is 5.88 Å². The second kappa shape index (κ2) is 9.62. The maximum absolute atomic E-state index is 12.6. The summed E-state index contributed by atoms with van der Waals surface area (Å²) in [6.45, 7) is 1.79. The lowest BCUT2D eigenvalue weighted by Gasteiger charge is -2.14. The highest BCUT2D eigenvalue weighted by Gasteiger charge is 2.20. The molecule has 31 heavy (non-hydrogen) atoms. The number of aromatic nitrogens is 3. The molecule has 2 aromatic heterocycles. The van der Waals surface area contributed by atoms with Crippen molar-refractivity contribution >= 4 is 39.2 Å². The van der Waals surface area contributed by atoms with E-state index in [1.54, 1.807) is 19.1 Å². The Morgan fingerprint density at radius 2 is 1.97 bits per heavy atom. The number of aromatic amines is 1. The number of pyridine rings is 1. The molecule has 0 saturated heterocycles. The lowest BCUT2D eigenvalue weighted by molar-refractivity contribution is -0.115. The predicted molar refractivity (Wildman–Crippen MR) is 117 cm³/mol. The molecule has 0 radical (unpaired) electrons. The standard InChI is InChI=1S/C19H19N5O5S2/c1-2-14(30-19-22-16(25)11-17(26)23-19)18(27)21-12-6-8-13(9-7-12)31(28,29)24-15-5-3-4-10-20-15/h3-11,14H,2H2,1H3,(H,20,24)(H,21,27)(H2,22,23,25,26). The van der Waals surface area contributed by atoms with Gasteiger partial charge in [-0.3, -0.25) is 14.3 Å². The number of nitrogens with one attached hydrogen (secondary N) is 3. The third-order valence-corrected chi connectivity index (χ3v) is 6.58. The maximum Gasteiger partial charge on any atom is 0.263 e. The molecule has 10 nitrogen and oxygen atoms in total. The van der Waals surface area contributed by atoms with Crippen LogP contribution >= 0.6 is 11.8 Å². The van der Waals surface area contributed by atoms with Crippen LogP contribution in [0, 0.1) is 0 Å². The molecule has 1 amide bonds. The fourth-order valence-corrected chi connectivity index (χ4v) is 4.41. The van der Waals surface area contributed by atoms with Gasteiger partial charge in [-0.1, -0.05) is 24.8 Å². The molecule has 0 spiro atoms. The summed E-state index contributed by atoms with van der Waals surface area (Å²) in [6, 6.07) is 11.5. The van der Waals surface area contributed by atoms with Gasteiger partial charge in [-0.15, -0.1) is 0 Å². The molecule has 0 bridgehead atoms. The van der Waals surface area contributed by atoms with E-state index in [4.69, 9.17) is 0 Å². The van der Waals surface area contributed by atoms with Gasteiger partial charge in [-0.2, -0.15) is 4.98 Å². The number of carbonyl (C=O) groups excluding carboxylic acids is 1. The molecule has 162 valence electrons. The first kappa shape index (κ1) is 22.3. The smallest absolute Gasteiger partial charge is 0.263 e. The largest absolute Gasteiger partial charge is 0.493 e. The summed E-state index contributed by atoms with van der Waals surface area (Å²) in [5.41, 5.74) is -0.125. The molecular formula is C19H19N5O5S2. The number of amides is 1. The molecule has 3 rings (SSSR count). The molecule has 0 aliphatic rings. The van der Waals surface area contributed by atoms with Gasteiger partial charge in [0.25, 0.3) is 15.6 Å². The molecule has 0 aliphatic heterocycles. The zero-order valence-electron chi connectivity index (χ0n) is 16.3. The quantitative estimate of drug-likeness (QED) is 0.294. The van der Waals surface area contributed by atoms with Gasteiger partial charge >= 0.3 is 0 Å². The van der Waals surface area contributed by atoms with E-state index in [0.29, 0.717) is 12.1 Å². The van der Waals surface area contributed by atoms with Crippen LogP contribution in [0.5, 0.6) is 5.88 Å². The molecule has 0 fully saturated rings. The summed E-state index contributed by atoms with van der Waals surface area (Å²) < 4.78 is 27.3. The van der Waals surface area contributed by atoms with Gasteiger partial charge in [-0.05, 0) is 42.8 Å². The average Bonchev–Trinajstić information content (AvgIpc) is 2.72. The highest BCUT2D eigenvalue weighted by Crippen LogP contribution is 2.24. The maximum atomic E-state index is 12.6. The number of rotatable bonds is 8. The minimum atomic E-state index is -3.82. The zero-order chi connectivity index (χ0) is 22.4. The average molecular weight is 462 g/mol. The van der Waals surface area contributed by atoms with E-state index in [-0.39, 0.29) is 21.8 Å². The van der Waals surface area contributed by atoms with Crippen molar-refractivity contribution in [3.05, 3.63) is 65.1 Å². The van der Waals surface area contributed by atoms with E-state index in [2.05, 4.69) is 25.0 Å². The highest BCUT2D eigenvalue weighted by atomic mass is 32.2. The first-order chi connectivity index (χ1) is 14.8. The Morgan fingerprint density at radius 3 is 2.58 bits per heavy atom. The van der Waals surface area contributed by atoms with E-state index < -0.39 is 26.7 Å². The van der Waals surface area contributed by atoms with Crippen LogP contribution in [0.4, 0.5) is 11.5 Å². The summed E-state index contributed by atoms with van der Waals surface area (Å²) in [4.78, 5) is 34.2. The molecule has 1 unspecified atom stereocenters. The second-order valence-corrected chi connectivity index (χ2v) is 9.13. The number of carbonyl (C=O) groups is 1. The van der Waals surface area contributed by atoms with Crippen LogP contribution in [0.15, 0.2) is 69.6 Å². The van der Waals surface area contributed by atoms with Gasteiger partial charge in [0.05, 0.1) is 16.2 Å². The Balaban J connectivity index is 1.67. The fraction of sp³-hybridized carbons (Fsp3) is 0.158. The third-order valence-electron chi connectivity index (χ3n) is 3.96. The Kier molecular flexibility index (Phi) is 6.92. The normalized spacial score (nSPS) is 12.2. The van der Waals surface area contributed by atoms with Crippen LogP contribution in [0.3, 0.4) is 0 Å². The van der Waals surface area contributed by atoms with Crippen LogP contribution in [0.2, 0.25) is 0 Å². The summed E-state index contributed by atoms with van der Waals surface area (Å²) >= 11 is 1.00. The molecule has 0 saturated carbocycles. The van der Waals surface area contributed by atoms with E-state index in [9.17, 15) is 23.1 Å². The summed E-state index contributed by atoms with van der Waals surface area (Å²) in [5, 5.41) is 11.7. The predicted octanol–water partition coefficient (Wildman–Crippen LogP) is 2.18.